The Hall–Kier alpha value is -2.65. The van der Waals surface area contributed by atoms with Gasteiger partial charge >= 0.3 is 30.8 Å². The van der Waals surface area contributed by atoms with Crippen molar-refractivity contribution in [3.05, 3.63) is 0 Å². The molecule has 4 aliphatic rings. The summed E-state index contributed by atoms with van der Waals surface area (Å²) in [6.45, 7) is 19.3. The van der Waals surface area contributed by atoms with Gasteiger partial charge in [0.25, 0.3) is 0 Å². The molecule has 0 saturated heterocycles. The first-order valence-corrected chi connectivity index (χ1v) is 15.8. The molecule has 4 aliphatic carbocycles. The van der Waals surface area contributed by atoms with Crippen LogP contribution in [0.5, 0.6) is 0 Å². The summed E-state index contributed by atoms with van der Waals surface area (Å²) in [5.74, 6) is -1.09. The molecule has 8 unspecified atom stereocenters. The van der Waals surface area contributed by atoms with Gasteiger partial charge in [0, 0.05) is 22.2 Å². The van der Waals surface area contributed by atoms with Crippen LogP contribution in [0.15, 0.2) is 0 Å². The number of Topliss-reactive ketones (excluding diaryl/α,β-unsaturated/α-hetero) is 3. The molecule has 4 rings (SSSR count). The summed E-state index contributed by atoms with van der Waals surface area (Å²) in [4.78, 5) is 65.3. The summed E-state index contributed by atoms with van der Waals surface area (Å²) >= 11 is 0. The first-order valence-electron chi connectivity index (χ1n) is 17.2. The van der Waals surface area contributed by atoms with E-state index in [0.717, 1.165) is 19.3 Å². The van der Waals surface area contributed by atoms with Gasteiger partial charge in [0.2, 0.25) is 5.91 Å². The van der Waals surface area contributed by atoms with Gasteiger partial charge in [-0.05, 0) is 84.0 Å². The van der Waals surface area contributed by atoms with Crippen LogP contribution in [0.1, 0.15) is 102 Å². The van der Waals surface area contributed by atoms with Gasteiger partial charge in [0.15, 0.2) is 0 Å². The fourth-order valence-corrected chi connectivity index (χ4v) is 5.78. The molecular formula is C35H59LiN3O10P. The number of carbonyl (C=O) groups is 6. The number of hydrogen-bond donors (Lipinski definition) is 3. The molecule has 280 valence electrons. The smallest absolute Gasteiger partial charge is 0.870 e. The van der Waals surface area contributed by atoms with Crippen molar-refractivity contribution in [1.29, 1.82) is 14.4 Å². The molecule has 0 aliphatic heterocycles. The van der Waals surface area contributed by atoms with Gasteiger partial charge < -0.3 is 26.9 Å². The third-order valence-electron chi connectivity index (χ3n) is 11.2. The zero-order chi connectivity index (χ0) is 39.9. The number of ketones is 3. The number of carboxylic acid groups (broad SMARTS) is 2. The quantitative estimate of drug-likeness (QED) is 0.212. The predicted octanol–water partition coefficient (Wildman–Crippen LogP) is 1.12. The van der Waals surface area contributed by atoms with E-state index in [1.54, 1.807) is 27.7 Å². The molecule has 1 amide bonds. The van der Waals surface area contributed by atoms with E-state index in [2.05, 4.69) is 12.1 Å². The second-order valence-corrected chi connectivity index (χ2v) is 15.7. The third kappa shape index (κ3) is 13.5. The van der Waals surface area contributed by atoms with Crippen molar-refractivity contribution >= 4 is 44.9 Å². The second kappa shape index (κ2) is 19.8. The van der Waals surface area contributed by atoms with Gasteiger partial charge in [-0.15, -0.1) is 0 Å². The van der Waals surface area contributed by atoms with Crippen LogP contribution in [0.25, 0.3) is 0 Å². The minimum absolute atomic E-state index is 0. The Bertz CT molecular complexity index is 1290. The minimum atomic E-state index is -1.87. The molecular weight excluding hydrogens is 660 g/mol. The summed E-state index contributed by atoms with van der Waals surface area (Å²) in [5, 5.41) is 34.5. The van der Waals surface area contributed by atoms with Crippen LogP contribution in [-0.2, 0) is 28.8 Å². The van der Waals surface area contributed by atoms with E-state index in [9.17, 15) is 28.8 Å². The van der Waals surface area contributed by atoms with Crippen molar-refractivity contribution in [1.82, 2.24) is 0 Å². The van der Waals surface area contributed by atoms with Gasteiger partial charge in [0.05, 0.1) is 39.1 Å². The number of aliphatic carboxylic acids is 2. The van der Waals surface area contributed by atoms with Crippen molar-refractivity contribution in [3.8, 4) is 12.1 Å². The Balaban J connectivity index is -0.000000287. The molecule has 0 spiro atoms. The van der Waals surface area contributed by atoms with Crippen LogP contribution in [0.4, 0.5) is 0 Å². The van der Waals surface area contributed by atoms with Crippen molar-refractivity contribution in [2.75, 3.05) is 0 Å². The van der Waals surface area contributed by atoms with E-state index < -0.39 is 32.5 Å². The summed E-state index contributed by atoms with van der Waals surface area (Å²) in [7, 11) is -1.87. The van der Waals surface area contributed by atoms with Crippen molar-refractivity contribution in [3.63, 3.8) is 0 Å². The molecule has 13 nitrogen and oxygen atoms in total. The Morgan fingerprint density at radius 1 is 0.660 bits per heavy atom. The molecule has 0 bridgehead atoms. The van der Waals surface area contributed by atoms with Crippen LogP contribution < -0.4 is 24.6 Å². The number of carbonyl (C=O) groups excluding carboxylic acids is 4. The van der Waals surface area contributed by atoms with Crippen molar-refractivity contribution < 1.29 is 68.8 Å². The van der Waals surface area contributed by atoms with Gasteiger partial charge in [-0.2, -0.15) is 20.3 Å². The summed E-state index contributed by atoms with van der Waals surface area (Å²) in [6.07, 6.45) is 3.09. The maximum absolute atomic E-state index is 11.2. The maximum atomic E-state index is 11.2. The topological polar surface area (TPSA) is 278 Å². The number of rotatable bonds is 10. The number of hydrogen-bond acceptors (Lipinski definition) is 9. The first-order chi connectivity index (χ1) is 22.5. The molecule has 4 saturated carbocycles. The zero-order valence-electron chi connectivity index (χ0n) is 34.7. The Kier molecular flexibility index (Phi) is 18.8. The van der Waals surface area contributed by atoms with Gasteiger partial charge in [-0.1, -0.05) is 41.5 Å². The molecule has 0 aromatic heterocycles. The SMILES string of the molecule is CC(=O)C(C)(C)C1CC1C#N.CC(=O)C(C)(C)C1CC1C(=O)O.CC(=O)C(C)(C)C1CC1C(N)=O.CC(C)(C(=O)O)C1CC1C#N.O.[3H]P([3H])[3H].[Li+].[OH-]. The van der Waals surface area contributed by atoms with E-state index in [-0.39, 0.29) is 105 Å². The molecule has 0 radical (unpaired) electrons. The predicted molar refractivity (Wildman–Crippen MR) is 186 cm³/mol. The number of amides is 1. The molecule has 7 N–H and O–H groups in total. The average molecular weight is 726 g/mol. The van der Waals surface area contributed by atoms with Gasteiger partial charge in [-0.25, -0.2) is 0 Å². The van der Waals surface area contributed by atoms with E-state index in [4.69, 9.17) is 30.3 Å². The van der Waals surface area contributed by atoms with E-state index in [1.165, 1.54) is 6.92 Å². The standard InChI is InChI=1S/C9H15NO2.C9H13NO.C9H14O3.C8H11NO2.Li.2H2O.H3P/c1-5(11)9(2,3)7-4-6(7)8(10)12;1-6(11)9(2,3)8-4-7(8)5-10;1-5(10)9(2,3)7-4-6(7)8(11)12;1-8(2,7(10)11)6-3-5(6)4-9;;;;/h6-7H,4H2,1-3H3,(H2,10,12);7-8H,4H2,1-3H3;6-7H,4H2,1-3H3,(H,11,12);5-6H,3H2,1-2H3,(H,10,11);;2*1H2;1H3/q;;;;+1;;;/p-1/i;;;;;;;1T3. The van der Waals surface area contributed by atoms with Crippen molar-refractivity contribution in [2.45, 2.75) is 102 Å². The van der Waals surface area contributed by atoms with Crippen LogP contribution >= 0.6 is 9.73 Å². The third-order valence-corrected chi connectivity index (χ3v) is 11.2. The molecule has 0 heterocycles. The first kappa shape index (κ1) is 47.3. The van der Waals surface area contributed by atoms with E-state index >= 15 is 0 Å². The number of nitriles is 2. The summed E-state index contributed by atoms with van der Waals surface area (Å²) in [6, 6.07) is 4.28. The van der Waals surface area contributed by atoms with Crippen molar-refractivity contribution in [2.24, 2.45) is 74.7 Å². The average Bonchev–Trinajstić information content (AvgIpc) is 3.82. The maximum Gasteiger partial charge on any atom is 1.00 e. The summed E-state index contributed by atoms with van der Waals surface area (Å²) in [5.41, 5.74) is 3.30. The zero-order valence-corrected chi connectivity index (χ0v) is 32.6. The molecule has 8 atom stereocenters. The minimum Gasteiger partial charge on any atom is -0.870 e. The van der Waals surface area contributed by atoms with Gasteiger partial charge in [0.1, 0.15) is 17.3 Å². The fourth-order valence-electron chi connectivity index (χ4n) is 5.78. The monoisotopic (exact) mass is 725 g/mol. The summed E-state index contributed by atoms with van der Waals surface area (Å²) < 4.78 is 17.9. The van der Waals surface area contributed by atoms with E-state index in [1.807, 2.05) is 41.5 Å². The number of nitrogens with two attached hydrogens (primary N) is 1. The number of primary amides is 1. The molecule has 0 aromatic carbocycles. The van der Waals surface area contributed by atoms with Gasteiger partial charge in [-0.3, -0.25) is 28.8 Å². The van der Waals surface area contributed by atoms with Crippen LogP contribution in [0, 0.1) is 91.7 Å². The Labute approximate surface area is 316 Å². The number of nitrogens with zero attached hydrogens (tertiary/aromatic N) is 2. The fraction of sp³-hybridized carbons (Fsp3) is 0.771. The van der Waals surface area contributed by atoms with Crippen LogP contribution in [0.3, 0.4) is 0 Å². The molecule has 50 heavy (non-hydrogen) atoms. The molecule has 0 aromatic rings. The Morgan fingerprint density at radius 3 is 1.14 bits per heavy atom. The largest absolute Gasteiger partial charge is 1.00 e. The molecule has 4 fully saturated rings. The number of carboxylic acids is 2. The normalized spacial score (nSPS) is 27.2. The second-order valence-electron chi connectivity index (χ2n) is 15.7. The Morgan fingerprint density at radius 2 is 0.940 bits per heavy atom. The van der Waals surface area contributed by atoms with Crippen LogP contribution in [-0.4, -0.2) is 60.2 Å². The van der Waals surface area contributed by atoms with E-state index in [0.29, 0.717) is 12.3 Å². The van der Waals surface area contributed by atoms with Crippen LogP contribution in [0.2, 0.25) is 0 Å². The molecule has 15 heteroatoms.